The van der Waals surface area contributed by atoms with Crippen LogP contribution in [-0.4, -0.2) is 38.1 Å². The first-order chi connectivity index (χ1) is 11.0. The van der Waals surface area contributed by atoms with Gasteiger partial charge in [0.05, 0.1) is 19.2 Å². The number of halogens is 2. The van der Waals surface area contributed by atoms with Gasteiger partial charge in [-0.2, -0.15) is 0 Å². The van der Waals surface area contributed by atoms with Gasteiger partial charge in [-0.25, -0.2) is 4.39 Å². The summed E-state index contributed by atoms with van der Waals surface area (Å²) in [7, 11) is 3.28. The maximum absolute atomic E-state index is 13.1. The monoisotopic (exact) mass is 381 g/mol. The van der Waals surface area contributed by atoms with Crippen molar-refractivity contribution in [3.63, 3.8) is 0 Å². The third kappa shape index (κ3) is 4.69. The van der Waals surface area contributed by atoms with Crippen LogP contribution in [0.4, 0.5) is 4.39 Å². The van der Waals surface area contributed by atoms with Crippen LogP contribution in [0.1, 0.15) is 10.4 Å². The van der Waals surface area contributed by atoms with Crippen LogP contribution in [0, 0.1) is 5.82 Å². The Balaban J connectivity index is 1.88. The first kappa shape index (κ1) is 17.3. The summed E-state index contributed by atoms with van der Waals surface area (Å²) in [4.78, 5) is 13.8. The highest BCUT2D eigenvalue weighted by Crippen LogP contribution is 2.20. The molecule has 0 spiro atoms. The lowest BCUT2D eigenvalue weighted by Gasteiger charge is -2.18. The number of benzene rings is 2. The van der Waals surface area contributed by atoms with Crippen LogP contribution in [0.3, 0.4) is 0 Å². The zero-order chi connectivity index (χ0) is 16.8. The second-order valence-corrected chi connectivity index (χ2v) is 5.73. The molecule has 2 aromatic rings. The van der Waals surface area contributed by atoms with E-state index in [4.69, 9.17) is 9.47 Å². The van der Waals surface area contributed by atoms with Gasteiger partial charge in [0.25, 0.3) is 5.91 Å². The van der Waals surface area contributed by atoms with Gasteiger partial charge >= 0.3 is 0 Å². The summed E-state index contributed by atoms with van der Waals surface area (Å²) in [6.45, 7) is 0.766. The zero-order valence-corrected chi connectivity index (χ0v) is 14.5. The van der Waals surface area contributed by atoms with Crippen LogP contribution >= 0.6 is 15.9 Å². The summed E-state index contributed by atoms with van der Waals surface area (Å²) < 4.78 is 24.2. The van der Waals surface area contributed by atoms with Gasteiger partial charge in [0, 0.05) is 11.5 Å². The van der Waals surface area contributed by atoms with Gasteiger partial charge in [0.15, 0.2) is 0 Å². The molecule has 6 heteroatoms. The van der Waals surface area contributed by atoms with Crippen molar-refractivity contribution >= 4 is 21.8 Å². The number of hydrogen-bond acceptors (Lipinski definition) is 3. The molecule has 0 fully saturated rings. The molecule has 0 atom stereocenters. The topological polar surface area (TPSA) is 38.8 Å². The third-order valence-electron chi connectivity index (χ3n) is 3.26. The van der Waals surface area contributed by atoms with E-state index in [1.807, 2.05) is 0 Å². The number of methoxy groups -OCH3 is 1. The molecule has 0 N–H and O–H groups in total. The van der Waals surface area contributed by atoms with E-state index >= 15 is 0 Å². The fourth-order valence-corrected chi connectivity index (χ4v) is 2.46. The molecule has 0 heterocycles. The molecule has 2 rings (SSSR count). The standard InChI is InChI=1S/C17H17BrFNO3/c1-20(17(21)15-8-3-12(19)11-16(15)18)9-10-23-14-6-4-13(22-2)5-7-14/h3-8,11H,9-10H2,1-2H3. The number of hydrogen-bond donors (Lipinski definition) is 0. The van der Waals surface area contributed by atoms with E-state index in [1.54, 1.807) is 38.4 Å². The Morgan fingerprint density at radius 3 is 2.43 bits per heavy atom. The van der Waals surface area contributed by atoms with Crippen molar-refractivity contribution in [2.75, 3.05) is 27.3 Å². The SMILES string of the molecule is COc1ccc(OCCN(C)C(=O)c2ccc(F)cc2Br)cc1. The molecule has 2 aromatic carbocycles. The number of carbonyl (C=O) groups is 1. The smallest absolute Gasteiger partial charge is 0.254 e. The minimum Gasteiger partial charge on any atom is -0.497 e. The van der Waals surface area contributed by atoms with Gasteiger partial charge in [-0.05, 0) is 58.4 Å². The summed E-state index contributed by atoms with van der Waals surface area (Å²) in [5, 5.41) is 0. The Labute approximate surface area is 142 Å². The van der Waals surface area contributed by atoms with Crippen LogP contribution in [0.2, 0.25) is 0 Å². The van der Waals surface area contributed by atoms with Crippen molar-refractivity contribution < 1.29 is 18.7 Å². The van der Waals surface area contributed by atoms with Crippen LogP contribution in [0.25, 0.3) is 0 Å². The van der Waals surface area contributed by atoms with Crippen molar-refractivity contribution in [3.8, 4) is 11.5 Å². The third-order valence-corrected chi connectivity index (χ3v) is 3.92. The Morgan fingerprint density at radius 2 is 1.83 bits per heavy atom. The number of nitrogens with zero attached hydrogens (tertiary/aromatic N) is 1. The molecule has 23 heavy (non-hydrogen) atoms. The Kier molecular flexibility index (Phi) is 5.98. The highest BCUT2D eigenvalue weighted by molar-refractivity contribution is 9.10. The number of ether oxygens (including phenoxy) is 2. The summed E-state index contributed by atoms with van der Waals surface area (Å²) in [5.41, 5.74) is 0.415. The van der Waals surface area contributed by atoms with E-state index in [0.717, 1.165) is 5.75 Å². The lowest BCUT2D eigenvalue weighted by atomic mass is 10.2. The fraction of sp³-hybridized carbons (Fsp3) is 0.235. The highest BCUT2D eigenvalue weighted by Gasteiger charge is 2.15. The Hall–Kier alpha value is -2.08. The molecule has 0 bridgehead atoms. The van der Waals surface area contributed by atoms with Crippen molar-refractivity contribution in [2.45, 2.75) is 0 Å². The molecule has 0 aliphatic carbocycles. The lowest BCUT2D eigenvalue weighted by Crippen LogP contribution is -2.31. The number of likely N-dealkylation sites (N-methyl/N-ethyl adjacent to an activating group) is 1. The average Bonchev–Trinajstić information content (AvgIpc) is 2.55. The van der Waals surface area contributed by atoms with Crippen LogP contribution in [0.15, 0.2) is 46.9 Å². The molecule has 0 saturated heterocycles. The second-order valence-electron chi connectivity index (χ2n) is 4.87. The van der Waals surface area contributed by atoms with Gasteiger partial charge in [-0.1, -0.05) is 0 Å². The van der Waals surface area contributed by atoms with Crippen molar-refractivity contribution in [3.05, 3.63) is 58.3 Å². The van der Waals surface area contributed by atoms with E-state index in [0.29, 0.717) is 28.9 Å². The summed E-state index contributed by atoms with van der Waals surface area (Å²) >= 11 is 3.20. The summed E-state index contributed by atoms with van der Waals surface area (Å²) in [6.07, 6.45) is 0. The van der Waals surface area contributed by atoms with Gasteiger partial charge < -0.3 is 14.4 Å². The molecule has 0 aliphatic heterocycles. The summed E-state index contributed by atoms with van der Waals surface area (Å²) in [6, 6.07) is 11.2. The van der Waals surface area contributed by atoms with E-state index in [2.05, 4.69) is 15.9 Å². The molecule has 0 aliphatic rings. The van der Waals surface area contributed by atoms with Crippen LogP contribution < -0.4 is 9.47 Å². The zero-order valence-electron chi connectivity index (χ0n) is 12.9. The van der Waals surface area contributed by atoms with Gasteiger partial charge in [-0.15, -0.1) is 0 Å². The minimum absolute atomic E-state index is 0.199. The van der Waals surface area contributed by atoms with E-state index in [1.165, 1.54) is 23.1 Å². The maximum atomic E-state index is 13.1. The first-order valence-corrected chi connectivity index (χ1v) is 7.78. The number of rotatable bonds is 6. The number of amides is 1. The van der Waals surface area contributed by atoms with Crippen molar-refractivity contribution in [1.82, 2.24) is 4.90 Å². The maximum Gasteiger partial charge on any atom is 0.254 e. The molecular formula is C17H17BrFNO3. The largest absolute Gasteiger partial charge is 0.497 e. The molecule has 0 saturated carbocycles. The second kappa shape index (κ2) is 7.97. The Bertz CT molecular complexity index is 676. The first-order valence-electron chi connectivity index (χ1n) is 6.98. The lowest BCUT2D eigenvalue weighted by molar-refractivity contribution is 0.0773. The molecule has 0 radical (unpaired) electrons. The van der Waals surface area contributed by atoms with E-state index < -0.39 is 0 Å². The van der Waals surface area contributed by atoms with E-state index in [-0.39, 0.29) is 11.7 Å². The van der Waals surface area contributed by atoms with E-state index in [9.17, 15) is 9.18 Å². The Morgan fingerprint density at radius 1 is 1.17 bits per heavy atom. The summed E-state index contributed by atoms with van der Waals surface area (Å²) in [5.74, 6) is 0.870. The number of carbonyl (C=O) groups excluding carboxylic acids is 1. The molecule has 0 unspecified atom stereocenters. The molecule has 0 aromatic heterocycles. The van der Waals surface area contributed by atoms with Crippen LogP contribution in [0.5, 0.6) is 11.5 Å². The van der Waals surface area contributed by atoms with Gasteiger partial charge in [0.2, 0.25) is 0 Å². The normalized spacial score (nSPS) is 10.3. The molecule has 122 valence electrons. The van der Waals surface area contributed by atoms with Gasteiger partial charge in [0.1, 0.15) is 23.9 Å². The fourth-order valence-electron chi connectivity index (χ4n) is 1.94. The van der Waals surface area contributed by atoms with Gasteiger partial charge in [-0.3, -0.25) is 4.79 Å². The average molecular weight is 382 g/mol. The predicted molar refractivity (Wildman–Crippen MR) is 89.5 cm³/mol. The molecular weight excluding hydrogens is 365 g/mol. The molecule has 4 nitrogen and oxygen atoms in total. The minimum atomic E-state index is -0.390. The quantitative estimate of drug-likeness (QED) is 0.764. The van der Waals surface area contributed by atoms with Crippen LogP contribution in [-0.2, 0) is 0 Å². The van der Waals surface area contributed by atoms with Crippen molar-refractivity contribution in [1.29, 1.82) is 0 Å². The molecule has 1 amide bonds. The highest BCUT2D eigenvalue weighted by atomic mass is 79.9. The van der Waals surface area contributed by atoms with Crippen molar-refractivity contribution in [2.24, 2.45) is 0 Å². The predicted octanol–water partition coefficient (Wildman–Crippen LogP) is 3.75.